The molecular weight excluding hydrogens is 728 g/mol. The van der Waals surface area contributed by atoms with Gasteiger partial charge in [0.05, 0.1) is 23.8 Å². The maximum Gasteiger partial charge on any atom is 0.272 e. The minimum absolute atomic E-state index is 0.0224. The maximum absolute atomic E-state index is 15.0. The molecule has 0 radical (unpaired) electrons. The summed E-state index contributed by atoms with van der Waals surface area (Å²) in [5, 5.41) is 8.95. The van der Waals surface area contributed by atoms with Gasteiger partial charge >= 0.3 is 0 Å². The number of rotatable bonds is 11. The van der Waals surface area contributed by atoms with Gasteiger partial charge in [-0.05, 0) is 96.4 Å². The second-order valence-electron chi connectivity index (χ2n) is 13.9. The van der Waals surface area contributed by atoms with Crippen molar-refractivity contribution in [2.24, 2.45) is 0 Å². The highest BCUT2D eigenvalue weighted by molar-refractivity contribution is 7.22. The van der Waals surface area contributed by atoms with Crippen molar-refractivity contribution in [1.29, 1.82) is 0 Å². The second kappa shape index (κ2) is 15.9. The van der Waals surface area contributed by atoms with Gasteiger partial charge in [-0.25, -0.2) is 9.49 Å². The molecule has 0 spiro atoms. The van der Waals surface area contributed by atoms with Crippen LogP contribution >= 0.6 is 11.3 Å². The third kappa shape index (κ3) is 7.56. The van der Waals surface area contributed by atoms with E-state index in [1.807, 2.05) is 72.8 Å². The lowest BCUT2D eigenvalue weighted by atomic mass is 9.97. The molecule has 1 amide bonds. The van der Waals surface area contributed by atoms with Crippen molar-refractivity contribution in [2.75, 3.05) is 46.4 Å². The molecule has 0 saturated carbocycles. The molecule has 9 nitrogen and oxygen atoms in total. The van der Waals surface area contributed by atoms with Crippen molar-refractivity contribution in [3.8, 4) is 21.9 Å². The highest BCUT2D eigenvalue weighted by Crippen LogP contribution is 2.41. The summed E-state index contributed by atoms with van der Waals surface area (Å²) in [6, 6.07) is 33.0. The molecule has 11 heteroatoms. The van der Waals surface area contributed by atoms with Gasteiger partial charge in [-0.1, -0.05) is 36.4 Å². The van der Waals surface area contributed by atoms with E-state index >= 15 is 0 Å². The minimum atomic E-state index is -0.571. The molecule has 1 N–H and O–H groups in total. The van der Waals surface area contributed by atoms with Crippen LogP contribution in [0.25, 0.3) is 31.3 Å². The SMILES string of the molecule is COc1ccc(-c2sc3cc(C)ccc3c2C(=O)c2ccc(OCCN3CCN(C(=O)c4cc(Cc5n[nH]c(=O)c6ccccc56)ccc4F)CC3)cc2)cc1. The van der Waals surface area contributed by atoms with Crippen LogP contribution in [-0.4, -0.2) is 78.1 Å². The minimum Gasteiger partial charge on any atom is -0.497 e. The molecule has 1 fully saturated rings. The van der Waals surface area contributed by atoms with Gasteiger partial charge in [-0.15, -0.1) is 11.3 Å². The Morgan fingerprint density at radius 3 is 2.32 bits per heavy atom. The number of ether oxygens (including phenoxy) is 2. The number of piperazine rings is 1. The van der Waals surface area contributed by atoms with Crippen LogP contribution in [-0.2, 0) is 6.42 Å². The Kier molecular flexibility index (Phi) is 10.4. The van der Waals surface area contributed by atoms with Crippen LogP contribution in [0.4, 0.5) is 4.39 Å². The first-order valence-electron chi connectivity index (χ1n) is 18.5. The van der Waals surface area contributed by atoms with E-state index in [2.05, 4.69) is 28.1 Å². The molecule has 7 aromatic rings. The third-order valence-corrected chi connectivity index (χ3v) is 11.5. The Bertz CT molecular complexity index is 2630. The number of carbonyl (C=O) groups is 2. The van der Waals surface area contributed by atoms with Crippen LogP contribution in [0.3, 0.4) is 0 Å². The number of methoxy groups -OCH3 is 1. The fraction of sp³-hybridized carbons (Fsp3) is 0.200. The average Bonchev–Trinajstić information content (AvgIpc) is 3.61. The largest absolute Gasteiger partial charge is 0.497 e. The fourth-order valence-corrected chi connectivity index (χ4v) is 8.51. The molecule has 0 aliphatic carbocycles. The fourth-order valence-electron chi connectivity index (χ4n) is 7.21. The first-order chi connectivity index (χ1) is 27.2. The summed E-state index contributed by atoms with van der Waals surface area (Å²) in [5.74, 6) is 0.455. The lowest BCUT2D eigenvalue weighted by Gasteiger charge is -2.34. The number of hydrogen-bond acceptors (Lipinski definition) is 8. The molecule has 1 saturated heterocycles. The zero-order valence-corrected chi connectivity index (χ0v) is 31.8. The monoisotopic (exact) mass is 766 g/mol. The number of nitrogens with zero attached hydrogens (tertiary/aromatic N) is 3. The number of hydrogen-bond donors (Lipinski definition) is 1. The van der Waals surface area contributed by atoms with Crippen molar-refractivity contribution in [2.45, 2.75) is 13.3 Å². The summed E-state index contributed by atoms with van der Waals surface area (Å²) >= 11 is 1.62. The van der Waals surface area contributed by atoms with Crippen LogP contribution in [0.5, 0.6) is 11.5 Å². The predicted molar refractivity (Wildman–Crippen MR) is 218 cm³/mol. The molecule has 2 aromatic heterocycles. The van der Waals surface area contributed by atoms with E-state index in [1.54, 1.807) is 47.6 Å². The third-order valence-electron chi connectivity index (χ3n) is 10.3. The summed E-state index contributed by atoms with van der Waals surface area (Å²) in [6.07, 6.45) is 0.335. The molecule has 3 heterocycles. The van der Waals surface area contributed by atoms with E-state index in [9.17, 15) is 18.8 Å². The molecule has 0 unspecified atom stereocenters. The normalized spacial score (nSPS) is 13.3. The number of amides is 1. The quantitative estimate of drug-likeness (QED) is 0.134. The highest BCUT2D eigenvalue weighted by atomic mass is 32.1. The Balaban J connectivity index is 0.866. The van der Waals surface area contributed by atoms with E-state index in [1.165, 1.54) is 6.07 Å². The number of aryl methyl sites for hydroxylation is 1. The van der Waals surface area contributed by atoms with E-state index < -0.39 is 5.82 Å². The van der Waals surface area contributed by atoms with Gasteiger partial charge in [0.2, 0.25) is 0 Å². The Morgan fingerprint density at radius 2 is 1.57 bits per heavy atom. The summed E-state index contributed by atoms with van der Waals surface area (Å²) in [5.41, 5.74) is 4.49. The molecule has 56 heavy (non-hydrogen) atoms. The highest BCUT2D eigenvalue weighted by Gasteiger charge is 2.25. The summed E-state index contributed by atoms with van der Waals surface area (Å²) in [7, 11) is 1.64. The molecule has 1 aliphatic rings. The number of carbonyl (C=O) groups excluding carboxylic acids is 2. The zero-order valence-electron chi connectivity index (χ0n) is 31.0. The zero-order chi connectivity index (χ0) is 38.8. The van der Waals surface area contributed by atoms with Gasteiger partial charge in [0.15, 0.2) is 5.78 Å². The second-order valence-corrected chi connectivity index (χ2v) is 15.0. The van der Waals surface area contributed by atoms with Crippen LogP contribution in [0.1, 0.15) is 43.1 Å². The predicted octanol–water partition coefficient (Wildman–Crippen LogP) is 7.92. The molecule has 1 aliphatic heterocycles. The first-order valence-corrected chi connectivity index (χ1v) is 19.3. The van der Waals surface area contributed by atoms with E-state index in [-0.39, 0.29) is 22.8 Å². The van der Waals surface area contributed by atoms with E-state index in [4.69, 9.17) is 9.47 Å². The van der Waals surface area contributed by atoms with Crippen LogP contribution < -0.4 is 15.0 Å². The number of halogens is 1. The van der Waals surface area contributed by atoms with Gasteiger partial charge in [-0.2, -0.15) is 5.10 Å². The van der Waals surface area contributed by atoms with E-state index in [0.717, 1.165) is 42.8 Å². The van der Waals surface area contributed by atoms with Crippen molar-refractivity contribution in [3.05, 3.63) is 159 Å². The Morgan fingerprint density at radius 1 is 0.839 bits per heavy atom. The van der Waals surface area contributed by atoms with Gasteiger partial charge in [0.1, 0.15) is 23.9 Å². The van der Waals surface area contributed by atoms with Crippen molar-refractivity contribution in [3.63, 3.8) is 0 Å². The Labute approximate surface area is 326 Å². The first kappa shape index (κ1) is 36.8. The standard InChI is InChI=1S/C45H39FN4O5S/c1-28-7-17-36-40(25-28)56-43(31-11-13-32(54-2)14-12-31)41(36)42(51)30-9-15-33(16-10-30)55-24-23-49-19-21-50(22-20-49)45(53)37-26-29(8-18-38(37)46)27-39-34-5-3-4-6-35(34)44(52)48-47-39/h3-18,25-26H,19-24,27H2,1-2H3,(H,48,52). The van der Waals surface area contributed by atoms with Crippen LogP contribution in [0, 0.1) is 12.7 Å². The van der Waals surface area contributed by atoms with Gasteiger partial charge in [-0.3, -0.25) is 19.3 Å². The van der Waals surface area contributed by atoms with E-state index in [0.29, 0.717) is 73.7 Å². The number of thiophene rings is 1. The summed E-state index contributed by atoms with van der Waals surface area (Å²) in [4.78, 5) is 44.6. The lowest BCUT2D eigenvalue weighted by molar-refractivity contribution is 0.0615. The topological polar surface area (TPSA) is 105 Å². The molecule has 282 valence electrons. The number of nitrogens with one attached hydrogen (secondary N) is 1. The average molecular weight is 767 g/mol. The number of ketones is 1. The van der Waals surface area contributed by atoms with Gasteiger partial charge in [0.25, 0.3) is 11.5 Å². The van der Waals surface area contributed by atoms with Crippen molar-refractivity contribution in [1.82, 2.24) is 20.0 Å². The van der Waals surface area contributed by atoms with Crippen LogP contribution in [0.15, 0.2) is 114 Å². The molecule has 0 bridgehead atoms. The number of benzene rings is 5. The van der Waals surface area contributed by atoms with Crippen molar-refractivity contribution < 1.29 is 23.5 Å². The smallest absolute Gasteiger partial charge is 0.272 e. The summed E-state index contributed by atoms with van der Waals surface area (Å²) < 4.78 is 27.5. The molecular formula is C45H39FN4O5S. The van der Waals surface area contributed by atoms with Crippen LogP contribution in [0.2, 0.25) is 0 Å². The molecule has 8 rings (SSSR count). The number of fused-ring (bicyclic) bond motifs is 2. The summed E-state index contributed by atoms with van der Waals surface area (Å²) in [6.45, 7) is 5.31. The lowest BCUT2D eigenvalue weighted by Crippen LogP contribution is -2.49. The number of aromatic amines is 1. The van der Waals surface area contributed by atoms with Gasteiger partial charge in [0, 0.05) is 70.6 Å². The van der Waals surface area contributed by atoms with Crippen molar-refractivity contribution >= 4 is 43.9 Å². The molecule has 5 aromatic carbocycles. The van der Waals surface area contributed by atoms with Gasteiger partial charge < -0.3 is 14.4 Å². The maximum atomic E-state index is 15.0. The number of H-pyrrole nitrogens is 1. The Hall–Kier alpha value is -6.17. The number of aromatic nitrogens is 2. The molecule has 0 atom stereocenters.